The van der Waals surface area contributed by atoms with Gasteiger partial charge in [-0.05, 0) is 17.2 Å². The third kappa shape index (κ3) is 4.62. The number of para-hydroxylation sites is 1. The molecular formula is C26H27N5O4. The van der Waals surface area contributed by atoms with E-state index in [4.69, 9.17) is 5.73 Å². The van der Waals surface area contributed by atoms with Crippen LogP contribution in [-0.4, -0.2) is 58.3 Å². The van der Waals surface area contributed by atoms with Crippen LogP contribution < -0.4 is 16.4 Å². The predicted molar refractivity (Wildman–Crippen MR) is 129 cm³/mol. The summed E-state index contributed by atoms with van der Waals surface area (Å²) in [4.78, 5) is 50.9. The van der Waals surface area contributed by atoms with E-state index in [9.17, 15) is 19.2 Å². The van der Waals surface area contributed by atoms with Crippen LogP contribution >= 0.6 is 0 Å². The van der Waals surface area contributed by atoms with Gasteiger partial charge in [0.05, 0.1) is 12.6 Å². The van der Waals surface area contributed by atoms with E-state index in [1.807, 2.05) is 65.4 Å². The number of amides is 4. The number of fused-ring (bicyclic) bond motifs is 1. The Labute approximate surface area is 202 Å². The van der Waals surface area contributed by atoms with Crippen molar-refractivity contribution in [1.29, 1.82) is 0 Å². The average Bonchev–Trinajstić information content (AvgIpc) is 3.38. The fourth-order valence-electron chi connectivity index (χ4n) is 5.05. The van der Waals surface area contributed by atoms with Gasteiger partial charge >= 0.3 is 0 Å². The summed E-state index contributed by atoms with van der Waals surface area (Å²) in [5, 5.41) is 6.72. The number of likely N-dealkylation sites (tertiary alicyclic amines) is 1. The molecule has 35 heavy (non-hydrogen) atoms. The summed E-state index contributed by atoms with van der Waals surface area (Å²) in [5.74, 6) is -1.07. The summed E-state index contributed by atoms with van der Waals surface area (Å²) in [6.45, 7) is 0.293. The number of benzene rings is 2. The lowest BCUT2D eigenvalue weighted by Crippen LogP contribution is -2.62. The predicted octanol–water partition coefficient (Wildman–Crippen LogP) is 0.668. The zero-order chi connectivity index (χ0) is 24.5. The molecule has 1 unspecified atom stereocenters. The van der Waals surface area contributed by atoms with Crippen LogP contribution in [0.1, 0.15) is 23.6 Å². The van der Waals surface area contributed by atoms with Crippen molar-refractivity contribution in [3.8, 4) is 0 Å². The van der Waals surface area contributed by atoms with Crippen LogP contribution in [0, 0.1) is 0 Å². The van der Waals surface area contributed by atoms with Gasteiger partial charge in [0.15, 0.2) is 0 Å². The Hall–Kier alpha value is -4.14. The first kappa shape index (κ1) is 22.6. The van der Waals surface area contributed by atoms with E-state index >= 15 is 0 Å². The third-order valence-electron chi connectivity index (χ3n) is 6.73. The van der Waals surface area contributed by atoms with Crippen LogP contribution in [0.15, 0.2) is 60.8 Å². The molecule has 9 nitrogen and oxygen atoms in total. The highest BCUT2D eigenvalue weighted by Crippen LogP contribution is 2.31. The number of piperazine rings is 1. The number of hydrogen-bond donors (Lipinski definition) is 3. The lowest BCUT2D eigenvalue weighted by atomic mass is 9.98. The molecule has 2 aromatic carbocycles. The molecule has 4 N–H and O–H groups in total. The second kappa shape index (κ2) is 9.25. The molecule has 9 heteroatoms. The molecule has 4 amide bonds. The highest BCUT2D eigenvalue weighted by atomic mass is 16.2. The molecule has 0 aliphatic carbocycles. The van der Waals surface area contributed by atoms with Crippen LogP contribution in [0.25, 0.3) is 10.9 Å². The van der Waals surface area contributed by atoms with E-state index in [1.165, 1.54) is 4.90 Å². The monoisotopic (exact) mass is 473 g/mol. The standard InChI is InChI=1S/C26H27N5O4/c27-23(32)15-30-14-18(12-24(30)33)31-13-17(19-8-4-5-9-22(19)31)11-21-26(35)28-20(25(34)29-21)10-16-6-2-1-3-7-16/h1-9,13,18,20-21H,10-12,14-15H2,(H2,27,32)(H,28,35)(H,29,34)/t18?,20-,21+/m0/s1. The highest BCUT2D eigenvalue weighted by molar-refractivity contribution is 5.97. The van der Waals surface area contributed by atoms with Crippen LogP contribution in [-0.2, 0) is 32.0 Å². The Morgan fingerprint density at radius 2 is 1.57 bits per heavy atom. The number of hydrogen-bond acceptors (Lipinski definition) is 4. The second-order valence-corrected chi connectivity index (χ2v) is 9.19. The molecule has 0 spiro atoms. The van der Waals surface area contributed by atoms with Crippen molar-refractivity contribution in [3.05, 3.63) is 71.9 Å². The Kier molecular flexibility index (Phi) is 5.98. The minimum atomic E-state index is -0.689. The van der Waals surface area contributed by atoms with Crippen molar-refractivity contribution in [2.75, 3.05) is 13.1 Å². The number of carbonyl (C=O) groups excluding carboxylic acids is 4. The largest absolute Gasteiger partial charge is 0.368 e. The summed E-state index contributed by atoms with van der Waals surface area (Å²) < 4.78 is 2.03. The van der Waals surface area contributed by atoms with E-state index in [0.717, 1.165) is 22.0 Å². The van der Waals surface area contributed by atoms with Crippen molar-refractivity contribution in [3.63, 3.8) is 0 Å². The summed E-state index contributed by atoms with van der Waals surface area (Å²) in [7, 11) is 0. The molecule has 3 aromatic rings. The number of carbonyl (C=O) groups is 4. The van der Waals surface area contributed by atoms with Gasteiger partial charge in [0.25, 0.3) is 0 Å². The SMILES string of the molecule is NC(=O)CN1CC(n2cc(C[C@H]3NC(=O)[C@H](Cc4ccccc4)NC3=O)c3ccccc32)CC1=O. The number of aromatic nitrogens is 1. The van der Waals surface area contributed by atoms with E-state index in [0.29, 0.717) is 19.4 Å². The summed E-state index contributed by atoms with van der Waals surface area (Å²) in [5.41, 5.74) is 8.10. The highest BCUT2D eigenvalue weighted by Gasteiger charge is 2.35. The molecule has 5 rings (SSSR count). The fraction of sp³-hybridized carbons (Fsp3) is 0.308. The summed E-state index contributed by atoms with van der Waals surface area (Å²) >= 11 is 0. The van der Waals surface area contributed by atoms with Crippen LogP contribution in [0.3, 0.4) is 0 Å². The molecule has 0 radical (unpaired) electrons. The minimum absolute atomic E-state index is 0.0974. The van der Waals surface area contributed by atoms with Gasteiger partial charge in [-0.3, -0.25) is 19.2 Å². The zero-order valence-electron chi connectivity index (χ0n) is 19.1. The molecule has 3 heterocycles. The topological polar surface area (TPSA) is 127 Å². The Bertz CT molecular complexity index is 1300. The lowest BCUT2D eigenvalue weighted by Gasteiger charge is -2.29. The Morgan fingerprint density at radius 3 is 2.29 bits per heavy atom. The molecule has 2 fully saturated rings. The molecule has 2 aliphatic rings. The van der Waals surface area contributed by atoms with E-state index in [1.54, 1.807) is 0 Å². The van der Waals surface area contributed by atoms with Crippen molar-refractivity contribution >= 4 is 34.5 Å². The minimum Gasteiger partial charge on any atom is -0.368 e. The van der Waals surface area contributed by atoms with Gasteiger partial charge < -0.3 is 25.8 Å². The molecule has 0 bridgehead atoms. The summed E-state index contributed by atoms with van der Waals surface area (Å²) in [6.07, 6.45) is 2.98. The number of nitrogens with zero attached hydrogens (tertiary/aromatic N) is 2. The molecule has 2 saturated heterocycles. The molecule has 2 aliphatic heterocycles. The van der Waals surface area contributed by atoms with Gasteiger partial charge in [-0.1, -0.05) is 48.5 Å². The zero-order valence-corrected chi connectivity index (χ0v) is 19.1. The average molecular weight is 474 g/mol. The number of primary amides is 1. The molecule has 1 aromatic heterocycles. The van der Waals surface area contributed by atoms with Gasteiger partial charge in [0, 0.05) is 42.9 Å². The van der Waals surface area contributed by atoms with Crippen molar-refractivity contribution in [1.82, 2.24) is 20.1 Å². The van der Waals surface area contributed by atoms with E-state index < -0.39 is 18.0 Å². The van der Waals surface area contributed by atoms with Crippen LogP contribution in [0.4, 0.5) is 0 Å². The van der Waals surface area contributed by atoms with Gasteiger partial charge in [0.2, 0.25) is 23.6 Å². The van der Waals surface area contributed by atoms with E-state index in [-0.39, 0.29) is 36.7 Å². The fourth-order valence-corrected chi connectivity index (χ4v) is 5.05. The maximum atomic E-state index is 12.9. The number of nitrogens with two attached hydrogens (primary N) is 1. The van der Waals surface area contributed by atoms with Gasteiger partial charge in [-0.2, -0.15) is 0 Å². The Balaban J connectivity index is 1.34. The molecule has 180 valence electrons. The Morgan fingerprint density at radius 1 is 0.914 bits per heavy atom. The normalized spacial score (nSPS) is 22.3. The quantitative estimate of drug-likeness (QED) is 0.466. The van der Waals surface area contributed by atoms with Crippen LogP contribution in [0.2, 0.25) is 0 Å². The second-order valence-electron chi connectivity index (χ2n) is 9.19. The smallest absolute Gasteiger partial charge is 0.243 e. The van der Waals surface area contributed by atoms with Crippen molar-refractivity contribution in [2.24, 2.45) is 5.73 Å². The van der Waals surface area contributed by atoms with Gasteiger partial charge in [-0.15, -0.1) is 0 Å². The molecule has 0 saturated carbocycles. The van der Waals surface area contributed by atoms with Crippen molar-refractivity contribution < 1.29 is 19.2 Å². The maximum Gasteiger partial charge on any atom is 0.243 e. The van der Waals surface area contributed by atoms with Gasteiger partial charge in [-0.25, -0.2) is 0 Å². The van der Waals surface area contributed by atoms with Gasteiger partial charge in [0.1, 0.15) is 12.1 Å². The molecular weight excluding hydrogens is 446 g/mol. The first-order valence-electron chi connectivity index (χ1n) is 11.7. The number of rotatable bonds is 7. The van der Waals surface area contributed by atoms with Crippen LogP contribution in [0.5, 0.6) is 0 Å². The first-order chi connectivity index (χ1) is 16.9. The third-order valence-corrected chi connectivity index (χ3v) is 6.73. The maximum absolute atomic E-state index is 12.9. The summed E-state index contributed by atoms with van der Waals surface area (Å²) in [6, 6.07) is 15.9. The number of nitrogens with one attached hydrogen (secondary N) is 2. The van der Waals surface area contributed by atoms with Crippen molar-refractivity contribution in [2.45, 2.75) is 37.4 Å². The van der Waals surface area contributed by atoms with E-state index in [2.05, 4.69) is 10.6 Å². The molecule has 3 atom stereocenters. The first-order valence-corrected chi connectivity index (χ1v) is 11.7. The lowest BCUT2D eigenvalue weighted by molar-refractivity contribution is -0.136.